The molecule has 8 heteroatoms. The molecule has 1 aromatic heterocycles. The minimum atomic E-state index is 0. The van der Waals surface area contributed by atoms with Crippen molar-refractivity contribution in [2.75, 3.05) is 37.7 Å². The monoisotopic (exact) mass is 567 g/mol. The van der Waals surface area contributed by atoms with Crippen LogP contribution in [0.3, 0.4) is 0 Å². The summed E-state index contributed by atoms with van der Waals surface area (Å²) in [6.07, 6.45) is 4.61. The van der Waals surface area contributed by atoms with Gasteiger partial charge in [-0.25, -0.2) is 9.98 Å². The molecule has 1 aliphatic heterocycles. The molecule has 1 saturated carbocycles. The Hall–Kier alpha value is -1.52. The third-order valence-electron chi connectivity index (χ3n) is 5.60. The minimum absolute atomic E-state index is 0. The number of hydrogen-bond acceptors (Lipinski definition) is 5. The lowest BCUT2D eigenvalue weighted by Gasteiger charge is -2.32. The highest BCUT2D eigenvalue weighted by Crippen LogP contribution is 2.51. The van der Waals surface area contributed by atoms with Crippen LogP contribution in [-0.2, 0) is 11.3 Å². The number of pyridine rings is 1. The van der Waals surface area contributed by atoms with Crippen LogP contribution in [0, 0.1) is 0 Å². The Balaban J connectivity index is 0.00000289. The lowest BCUT2D eigenvalue weighted by atomic mass is 10.2. The van der Waals surface area contributed by atoms with Crippen LogP contribution in [0.4, 0.5) is 5.82 Å². The van der Waals surface area contributed by atoms with E-state index in [1.165, 1.54) is 23.3 Å². The van der Waals surface area contributed by atoms with Crippen molar-refractivity contribution < 1.29 is 4.74 Å². The minimum Gasteiger partial charge on any atom is -0.375 e. The van der Waals surface area contributed by atoms with Crippen LogP contribution in [-0.4, -0.2) is 54.6 Å². The summed E-state index contributed by atoms with van der Waals surface area (Å²) in [5.41, 5.74) is 1.17. The molecule has 0 radical (unpaired) electrons. The summed E-state index contributed by atoms with van der Waals surface area (Å²) in [5, 5.41) is 6.96. The Labute approximate surface area is 213 Å². The molecule has 0 spiro atoms. The molecule has 2 aromatic rings. The van der Waals surface area contributed by atoms with Gasteiger partial charge in [-0.05, 0) is 56.5 Å². The summed E-state index contributed by atoms with van der Waals surface area (Å²) in [4.78, 5) is 13.0. The SMILES string of the molecule is CCNC(=NCc1ccnc(N2CCOC(C)C2)c1)NCC1(Sc2ccccc2)CC1.I. The van der Waals surface area contributed by atoms with Crippen molar-refractivity contribution in [2.45, 2.75) is 49.0 Å². The number of thioether (sulfide) groups is 1. The fourth-order valence-electron chi connectivity index (χ4n) is 3.71. The largest absolute Gasteiger partial charge is 0.375 e. The number of rotatable bonds is 8. The second-order valence-corrected chi connectivity index (χ2v) is 9.84. The lowest BCUT2D eigenvalue weighted by Crippen LogP contribution is -2.41. The predicted molar refractivity (Wildman–Crippen MR) is 144 cm³/mol. The summed E-state index contributed by atoms with van der Waals surface area (Å²) < 4.78 is 5.94. The van der Waals surface area contributed by atoms with Crippen LogP contribution in [0.2, 0.25) is 0 Å². The summed E-state index contributed by atoms with van der Waals surface area (Å²) >= 11 is 1.98. The maximum atomic E-state index is 5.65. The standard InChI is InChI=1S/C24H33N5OS.HI/c1-3-25-23(28-18-24(10-11-24)31-21-7-5-4-6-8-21)27-16-20-9-12-26-22(15-20)29-13-14-30-19(2)17-29;/h4-9,12,15,19H,3,10-11,13-14,16-18H2,1-2H3,(H2,25,27,28);1H. The van der Waals surface area contributed by atoms with Gasteiger partial charge in [0, 0.05) is 42.0 Å². The van der Waals surface area contributed by atoms with E-state index >= 15 is 0 Å². The molecule has 32 heavy (non-hydrogen) atoms. The van der Waals surface area contributed by atoms with Crippen LogP contribution in [0.5, 0.6) is 0 Å². The molecule has 1 aromatic carbocycles. The Bertz CT molecular complexity index is 878. The zero-order valence-corrected chi connectivity index (χ0v) is 22.1. The van der Waals surface area contributed by atoms with Crippen molar-refractivity contribution in [2.24, 2.45) is 4.99 Å². The van der Waals surface area contributed by atoms with Gasteiger partial charge >= 0.3 is 0 Å². The van der Waals surface area contributed by atoms with Gasteiger partial charge in [0.05, 0.1) is 19.3 Å². The van der Waals surface area contributed by atoms with Gasteiger partial charge in [0.2, 0.25) is 0 Å². The third kappa shape index (κ3) is 7.25. The van der Waals surface area contributed by atoms with Gasteiger partial charge < -0.3 is 20.3 Å². The summed E-state index contributed by atoms with van der Waals surface area (Å²) in [7, 11) is 0. The molecule has 1 atom stereocenters. The van der Waals surface area contributed by atoms with E-state index in [4.69, 9.17) is 9.73 Å². The number of nitrogens with zero attached hydrogens (tertiary/aromatic N) is 3. The fraction of sp³-hybridized carbons (Fsp3) is 0.500. The smallest absolute Gasteiger partial charge is 0.191 e. The molecule has 2 N–H and O–H groups in total. The Morgan fingerprint density at radius 3 is 2.78 bits per heavy atom. The highest BCUT2D eigenvalue weighted by molar-refractivity contribution is 14.0. The number of ether oxygens (including phenoxy) is 1. The lowest BCUT2D eigenvalue weighted by molar-refractivity contribution is 0.0529. The molecule has 1 unspecified atom stereocenters. The number of aliphatic imine (C=N–C) groups is 1. The number of aromatic nitrogens is 1. The maximum Gasteiger partial charge on any atom is 0.191 e. The number of anilines is 1. The van der Waals surface area contributed by atoms with Crippen LogP contribution in [0.25, 0.3) is 0 Å². The van der Waals surface area contributed by atoms with Crippen LogP contribution >= 0.6 is 35.7 Å². The average molecular weight is 568 g/mol. The van der Waals surface area contributed by atoms with Crippen molar-refractivity contribution in [1.82, 2.24) is 15.6 Å². The highest BCUT2D eigenvalue weighted by atomic mass is 127. The first kappa shape index (κ1) is 25.1. The van der Waals surface area contributed by atoms with E-state index in [0.717, 1.165) is 44.6 Å². The molecule has 0 bridgehead atoms. The van der Waals surface area contributed by atoms with Crippen LogP contribution < -0.4 is 15.5 Å². The van der Waals surface area contributed by atoms with Gasteiger partial charge in [-0.15, -0.1) is 35.7 Å². The molecule has 174 valence electrons. The summed E-state index contributed by atoms with van der Waals surface area (Å²) in [6, 6.07) is 14.9. The zero-order valence-electron chi connectivity index (χ0n) is 18.9. The Morgan fingerprint density at radius 1 is 1.25 bits per heavy atom. The molecular weight excluding hydrogens is 533 g/mol. The van der Waals surface area contributed by atoms with Gasteiger partial charge in [-0.2, -0.15) is 0 Å². The first-order chi connectivity index (χ1) is 15.2. The van der Waals surface area contributed by atoms with E-state index in [1.54, 1.807) is 0 Å². The second-order valence-electron chi connectivity index (χ2n) is 8.30. The van der Waals surface area contributed by atoms with Crippen molar-refractivity contribution in [3.63, 3.8) is 0 Å². The third-order valence-corrected chi connectivity index (χ3v) is 7.10. The normalized spacial score (nSPS) is 19.8. The molecule has 6 nitrogen and oxygen atoms in total. The van der Waals surface area contributed by atoms with E-state index < -0.39 is 0 Å². The summed E-state index contributed by atoms with van der Waals surface area (Å²) in [6.45, 7) is 9.13. The second kappa shape index (κ2) is 12.1. The van der Waals surface area contributed by atoms with Crippen LogP contribution in [0.15, 0.2) is 58.5 Å². The van der Waals surface area contributed by atoms with Crippen molar-refractivity contribution in [3.05, 3.63) is 54.2 Å². The van der Waals surface area contributed by atoms with Crippen LogP contribution in [0.1, 0.15) is 32.3 Å². The Kier molecular flexibility index (Phi) is 9.48. The van der Waals surface area contributed by atoms with E-state index in [0.29, 0.717) is 6.54 Å². The molecule has 2 heterocycles. The first-order valence-electron chi connectivity index (χ1n) is 11.2. The Morgan fingerprint density at radius 2 is 2.06 bits per heavy atom. The van der Waals surface area contributed by atoms with E-state index in [-0.39, 0.29) is 34.8 Å². The van der Waals surface area contributed by atoms with E-state index in [1.807, 2.05) is 24.0 Å². The van der Waals surface area contributed by atoms with Crippen molar-refractivity contribution >= 4 is 47.5 Å². The quantitative estimate of drug-likeness (QED) is 0.282. The number of benzene rings is 1. The topological polar surface area (TPSA) is 61.8 Å². The van der Waals surface area contributed by atoms with E-state index in [2.05, 4.69) is 70.8 Å². The summed E-state index contributed by atoms with van der Waals surface area (Å²) in [5.74, 6) is 1.89. The maximum absolute atomic E-state index is 5.65. The first-order valence-corrected chi connectivity index (χ1v) is 12.1. The van der Waals surface area contributed by atoms with Gasteiger partial charge in [0.25, 0.3) is 0 Å². The fourth-order valence-corrected chi connectivity index (χ4v) is 4.95. The number of nitrogens with one attached hydrogen (secondary N) is 2. The van der Waals surface area contributed by atoms with Gasteiger partial charge in [0.1, 0.15) is 5.82 Å². The number of guanidine groups is 1. The molecule has 2 aliphatic rings. The van der Waals surface area contributed by atoms with Gasteiger partial charge in [-0.3, -0.25) is 0 Å². The zero-order chi connectivity index (χ0) is 21.5. The molecule has 2 fully saturated rings. The predicted octanol–water partition coefficient (Wildman–Crippen LogP) is 4.30. The molecule has 0 amide bonds. The number of morpholine rings is 1. The number of halogens is 1. The van der Waals surface area contributed by atoms with Gasteiger partial charge in [0.15, 0.2) is 5.96 Å². The van der Waals surface area contributed by atoms with Crippen molar-refractivity contribution in [1.29, 1.82) is 0 Å². The highest BCUT2D eigenvalue weighted by Gasteiger charge is 2.43. The number of hydrogen-bond donors (Lipinski definition) is 2. The molecular formula is C24H34IN5OS. The van der Waals surface area contributed by atoms with Crippen molar-refractivity contribution in [3.8, 4) is 0 Å². The molecule has 1 aliphatic carbocycles. The molecule has 1 saturated heterocycles. The van der Waals surface area contributed by atoms with E-state index in [9.17, 15) is 0 Å². The van der Waals surface area contributed by atoms with Gasteiger partial charge in [-0.1, -0.05) is 18.2 Å². The average Bonchev–Trinajstić information content (AvgIpc) is 3.56. The molecule has 4 rings (SSSR count).